The van der Waals surface area contributed by atoms with Crippen molar-refractivity contribution in [1.82, 2.24) is 0 Å². The Morgan fingerprint density at radius 3 is 1.20 bits per heavy atom. The maximum Gasteiger partial charge on any atom is 0.508 e. The van der Waals surface area contributed by atoms with Crippen LogP contribution in [0.5, 0.6) is 0 Å². The molecule has 0 radical (unpaired) electrons. The normalized spacial score (nSPS) is 9.92. The van der Waals surface area contributed by atoms with E-state index in [0.717, 1.165) is 0 Å². The summed E-state index contributed by atoms with van der Waals surface area (Å²) in [5, 5.41) is 0. The molecule has 0 spiro atoms. The predicted molar refractivity (Wildman–Crippen MR) is 87.5 cm³/mol. The Bertz CT molecular complexity index is 337. The van der Waals surface area contributed by atoms with Gasteiger partial charge in [0.25, 0.3) is 0 Å². The molecule has 0 aliphatic heterocycles. The van der Waals surface area contributed by atoms with E-state index in [2.05, 4.69) is 22.6 Å². The van der Waals surface area contributed by atoms with Crippen molar-refractivity contribution in [1.29, 1.82) is 0 Å². The van der Waals surface area contributed by atoms with E-state index in [1.54, 1.807) is 0 Å². The van der Waals surface area contributed by atoms with Gasteiger partial charge in [-0.1, -0.05) is 25.3 Å². The van der Waals surface area contributed by atoms with Gasteiger partial charge in [-0.25, -0.2) is 9.59 Å². The number of carbonyl (C=O) groups is 2. The summed E-state index contributed by atoms with van der Waals surface area (Å²) in [5.41, 5.74) is 0. The molecule has 0 saturated carbocycles. The SMILES string of the molecule is C=CCOC(=O)OCCOCCOCCOCCOC(=O)OCC=C. The van der Waals surface area contributed by atoms with Gasteiger partial charge in [-0.3, -0.25) is 0 Å². The Morgan fingerprint density at radius 1 is 0.560 bits per heavy atom. The number of hydrogen-bond donors (Lipinski definition) is 0. The minimum absolute atomic E-state index is 0.105. The Balaban J connectivity index is 3.16. The van der Waals surface area contributed by atoms with Gasteiger partial charge in [-0.2, -0.15) is 0 Å². The zero-order valence-electron chi connectivity index (χ0n) is 14.3. The monoisotopic (exact) mass is 362 g/mol. The van der Waals surface area contributed by atoms with E-state index in [0.29, 0.717) is 26.4 Å². The van der Waals surface area contributed by atoms with Gasteiger partial charge in [-0.05, 0) is 0 Å². The summed E-state index contributed by atoms with van der Waals surface area (Å²) >= 11 is 0. The Labute approximate surface area is 147 Å². The highest BCUT2D eigenvalue weighted by Crippen LogP contribution is 1.88. The third-order valence-electron chi connectivity index (χ3n) is 2.28. The fourth-order valence-electron chi connectivity index (χ4n) is 1.25. The summed E-state index contributed by atoms with van der Waals surface area (Å²) in [6.45, 7) is 9.25. The summed E-state index contributed by atoms with van der Waals surface area (Å²) in [6.07, 6.45) is 1.39. The lowest BCUT2D eigenvalue weighted by Gasteiger charge is -2.08. The summed E-state index contributed by atoms with van der Waals surface area (Å²) in [4.78, 5) is 21.9. The van der Waals surface area contributed by atoms with Crippen molar-refractivity contribution < 1.29 is 42.7 Å². The van der Waals surface area contributed by atoms with Crippen molar-refractivity contribution >= 4 is 12.3 Å². The Hall–Kier alpha value is -2.10. The molecule has 25 heavy (non-hydrogen) atoms. The second kappa shape index (κ2) is 18.2. The molecular weight excluding hydrogens is 336 g/mol. The van der Waals surface area contributed by atoms with Gasteiger partial charge in [0.1, 0.15) is 26.4 Å². The fourth-order valence-corrected chi connectivity index (χ4v) is 1.25. The van der Waals surface area contributed by atoms with Crippen LogP contribution in [0.2, 0.25) is 0 Å². The van der Waals surface area contributed by atoms with Crippen molar-refractivity contribution in [3.05, 3.63) is 25.3 Å². The highest BCUT2D eigenvalue weighted by Gasteiger charge is 2.02. The highest BCUT2D eigenvalue weighted by molar-refractivity contribution is 5.60. The lowest BCUT2D eigenvalue weighted by atomic mass is 10.7. The van der Waals surface area contributed by atoms with Crippen molar-refractivity contribution in [3.63, 3.8) is 0 Å². The molecule has 0 unspecified atom stereocenters. The lowest BCUT2D eigenvalue weighted by Crippen LogP contribution is -2.16. The molecule has 0 heterocycles. The van der Waals surface area contributed by atoms with Crippen molar-refractivity contribution in [2.75, 3.05) is 66.1 Å². The van der Waals surface area contributed by atoms with E-state index in [-0.39, 0.29) is 39.6 Å². The second-order valence-corrected chi connectivity index (χ2v) is 4.23. The molecule has 0 atom stereocenters. The molecule has 0 fully saturated rings. The van der Waals surface area contributed by atoms with Crippen LogP contribution in [0.4, 0.5) is 9.59 Å². The average Bonchev–Trinajstić information content (AvgIpc) is 2.61. The molecule has 0 aromatic carbocycles. The minimum Gasteiger partial charge on any atom is -0.432 e. The Morgan fingerprint density at radius 2 is 0.880 bits per heavy atom. The van der Waals surface area contributed by atoms with Crippen LogP contribution in [-0.4, -0.2) is 78.4 Å². The van der Waals surface area contributed by atoms with E-state index < -0.39 is 12.3 Å². The zero-order chi connectivity index (χ0) is 18.6. The van der Waals surface area contributed by atoms with Gasteiger partial charge < -0.3 is 33.2 Å². The molecule has 0 saturated heterocycles. The average molecular weight is 362 g/mol. The lowest BCUT2D eigenvalue weighted by molar-refractivity contribution is -0.0100. The van der Waals surface area contributed by atoms with Crippen LogP contribution in [0.1, 0.15) is 0 Å². The van der Waals surface area contributed by atoms with E-state index in [9.17, 15) is 9.59 Å². The highest BCUT2D eigenvalue weighted by atomic mass is 16.7. The molecule has 0 N–H and O–H groups in total. The summed E-state index contributed by atoms with van der Waals surface area (Å²) in [7, 11) is 0. The van der Waals surface area contributed by atoms with Gasteiger partial charge in [0, 0.05) is 0 Å². The molecular formula is C16H26O9. The molecule has 0 bridgehead atoms. The summed E-state index contributed by atoms with van der Waals surface area (Å²) in [5.74, 6) is 0. The molecule has 9 nitrogen and oxygen atoms in total. The molecule has 0 aromatic rings. The molecule has 0 aliphatic carbocycles. The number of hydrogen-bond acceptors (Lipinski definition) is 9. The smallest absolute Gasteiger partial charge is 0.432 e. The largest absolute Gasteiger partial charge is 0.508 e. The first-order valence-corrected chi connectivity index (χ1v) is 7.74. The van der Waals surface area contributed by atoms with Crippen LogP contribution in [-0.2, 0) is 33.2 Å². The van der Waals surface area contributed by atoms with Gasteiger partial charge in [0.05, 0.1) is 39.6 Å². The molecule has 0 rings (SSSR count). The maximum absolute atomic E-state index is 10.9. The topological polar surface area (TPSA) is 98.8 Å². The number of carbonyl (C=O) groups excluding carboxylic acids is 2. The zero-order valence-corrected chi connectivity index (χ0v) is 14.3. The first kappa shape index (κ1) is 22.9. The summed E-state index contributed by atoms with van der Waals surface area (Å²) < 4.78 is 34.3. The first-order chi connectivity index (χ1) is 12.2. The Kier molecular flexibility index (Phi) is 16.7. The third-order valence-corrected chi connectivity index (χ3v) is 2.28. The maximum atomic E-state index is 10.9. The fraction of sp³-hybridized carbons (Fsp3) is 0.625. The van der Waals surface area contributed by atoms with E-state index in [1.165, 1.54) is 12.2 Å². The molecule has 0 aromatic heterocycles. The van der Waals surface area contributed by atoms with Crippen LogP contribution < -0.4 is 0 Å². The van der Waals surface area contributed by atoms with Crippen molar-refractivity contribution in [3.8, 4) is 0 Å². The third kappa shape index (κ3) is 18.1. The number of rotatable bonds is 16. The summed E-state index contributed by atoms with van der Waals surface area (Å²) in [6, 6.07) is 0. The van der Waals surface area contributed by atoms with Crippen molar-refractivity contribution in [2.24, 2.45) is 0 Å². The van der Waals surface area contributed by atoms with E-state index in [4.69, 9.17) is 23.7 Å². The molecule has 0 aliphatic rings. The van der Waals surface area contributed by atoms with Gasteiger partial charge in [0.15, 0.2) is 0 Å². The van der Waals surface area contributed by atoms with Crippen molar-refractivity contribution in [2.45, 2.75) is 0 Å². The van der Waals surface area contributed by atoms with Crippen LogP contribution in [0.3, 0.4) is 0 Å². The van der Waals surface area contributed by atoms with E-state index >= 15 is 0 Å². The van der Waals surface area contributed by atoms with Crippen LogP contribution in [0, 0.1) is 0 Å². The quantitative estimate of drug-likeness (QED) is 0.231. The van der Waals surface area contributed by atoms with Gasteiger partial charge in [-0.15, -0.1) is 0 Å². The molecule has 144 valence electrons. The second-order valence-electron chi connectivity index (χ2n) is 4.23. The van der Waals surface area contributed by atoms with Crippen LogP contribution in [0.25, 0.3) is 0 Å². The number of ether oxygens (including phenoxy) is 7. The van der Waals surface area contributed by atoms with Crippen LogP contribution in [0.15, 0.2) is 25.3 Å². The first-order valence-electron chi connectivity index (χ1n) is 7.74. The molecule has 0 amide bonds. The standard InChI is InChI=1S/C16H26O9/c1-3-5-22-15(17)24-13-11-20-9-7-19-8-10-21-12-14-25-16(18)23-6-4-2/h3-4H,1-2,5-14H2. The molecule has 9 heteroatoms. The minimum atomic E-state index is -0.755. The predicted octanol–water partition coefficient (Wildman–Crippen LogP) is 1.71. The van der Waals surface area contributed by atoms with Crippen LogP contribution >= 0.6 is 0 Å². The van der Waals surface area contributed by atoms with Gasteiger partial charge >= 0.3 is 12.3 Å². The van der Waals surface area contributed by atoms with E-state index in [1.807, 2.05) is 0 Å². The van der Waals surface area contributed by atoms with Gasteiger partial charge in [0.2, 0.25) is 0 Å².